The van der Waals surface area contributed by atoms with Crippen LogP contribution in [0.15, 0.2) is 24.3 Å². The van der Waals surface area contributed by atoms with Gasteiger partial charge in [0.1, 0.15) is 0 Å². The first kappa shape index (κ1) is 12.4. The summed E-state index contributed by atoms with van der Waals surface area (Å²) in [5.41, 5.74) is 1.73. The van der Waals surface area contributed by atoms with E-state index >= 15 is 0 Å². The Labute approximate surface area is 106 Å². The van der Waals surface area contributed by atoms with Gasteiger partial charge in [-0.05, 0) is 30.7 Å². The summed E-state index contributed by atoms with van der Waals surface area (Å²) in [5, 5.41) is 20.3. The first-order valence-electron chi connectivity index (χ1n) is 5.89. The summed E-state index contributed by atoms with van der Waals surface area (Å²) in [5.74, 6) is -0.827. The molecule has 0 radical (unpaired) electrons. The number of hydrogen-bond donors (Lipinski definition) is 2. The van der Waals surface area contributed by atoms with E-state index in [2.05, 4.69) is 16.3 Å². The topological polar surface area (TPSA) is 76.4 Å². The van der Waals surface area contributed by atoms with E-state index in [-0.39, 0.29) is 12.6 Å². The maximum Gasteiger partial charge on any atom is 0.317 e. The standard InChI is InChI=1S/C13H15N3O2/c14-7-10-1-3-12(4-2-10)16-6-5-11(9-16)15-8-13(17)18/h1-4,11,15H,5-6,8-9H2,(H,17,18). The summed E-state index contributed by atoms with van der Waals surface area (Å²) >= 11 is 0. The van der Waals surface area contributed by atoms with Gasteiger partial charge < -0.3 is 15.3 Å². The lowest BCUT2D eigenvalue weighted by molar-refractivity contribution is -0.136. The number of rotatable bonds is 4. The first-order chi connectivity index (χ1) is 8.69. The Hall–Kier alpha value is -2.06. The van der Waals surface area contributed by atoms with Crippen molar-refractivity contribution in [3.05, 3.63) is 29.8 Å². The molecule has 1 heterocycles. The summed E-state index contributed by atoms with van der Waals surface area (Å²) in [6.07, 6.45) is 0.938. The number of carbonyl (C=O) groups is 1. The molecule has 1 aliphatic heterocycles. The van der Waals surface area contributed by atoms with Crippen LogP contribution in [0, 0.1) is 11.3 Å². The van der Waals surface area contributed by atoms with Crippen molar-refractivity contribution in [2.45, 2.75) is 12.5 Å². The van der Waals surface area contributed by atoms with Gasteiger partial charge >= 0.3 is 5.97 Å². The molecule has 1 aliphatic rings. The number of nitriles is 1. The summed E-state index contributed by atoms with van der Waals surface area (Å²) in [4.78, 5) is 12.7. The van der Waals surface area contributed by atoms with E-state index in [1.54, 1.807) is 12.1 Å². The lowest BCUT2D eigenvalue weighted by Crippen LogP contribution is -2.35. The fourth-order valence-electron chi connectivity index (χ4n) is 2.14. The van der Waals surface area contributed by atoms with Crippen molar-refractivity contribution in [3.8, 4) is 6.07 Å². The maximum atomic E-state index is 10.5. The van der Waals surface area contributed by atoms with Gasteiger partial charge in [-0.15, -0.1) is 0 Å². The van der Waals surface area contributed by atoms with E-state index in [1.807, 2.05) is 12.1 Å². The Kier molecular flexibility index (Phi) is 3.80. The number of hydrogen-bond acceptors (Lipinski definition) is 4. The van der Waals surface area contributed by atoms with Crippen LogP contribution in [0.4, 0.5) is 5.69 Å². The molecule has 18 heavy (non-hydrogen) atoms. The molecule has 2 N–H and O–H groups in total. The maximum absolute atomic E-state index is 10.5. The van der Waals surface area contributed by atoms with Gasteiger partial charge in [-0.2, -0.15) is 5.26 Å². The molecule has 1 fully saturated rings. The molecule has 1 saturated heterocycles. The van der Waals surface area contributed by atoms with E-state index in [4.69, 9.17) is 10.4 Å². The monoisotopic (exact) mass is 245 g/mol. The molecule has 1 aromatic carbocycles. The van der Waals surface area contributed by atoms with Crippen LogP contribution in [0.25, 0.3) is 0 Å². The highest BCUT2D eigenvalue weighted by Crippen LogP contribution is 2.20. The number of anilines is 1. The quantitative estimate of drug-likeness (QED) is 0.821. The van der Waals surface area contributed by atoms with Gasteiger partial charge in [0.2, 0.25) is 0 Å². The zero-order chi connectivity index (χ0) is 13.0. The van der Waals surface area contributed by atoms with Gasteiger partial charge in [-0.3, -0.25) is 4.79 Å². The predicted octanol–water partition coefficient (Wildman–Crippen LogP) is 0.811. The predicted molar refractivity (Wildman–Crippen MR) is 67.4 cm³/mol. The highest BCUT2D eigenvalue weighted by molar-refractivity contribution is 5.69. The molecule has 5 heteroatoms. The fraction of sp³-hybridized carbons (Fsp3) is 0.385. The van der Waals surface area contributed by atoms with E-state index in [0.29, 0.717) is 5.56 Å². The molecule has 0 spiro atoms. The highest BCUT2D eigenvalue weighted by Gasteiger charge is 2.22. The van der Waals surface area contributed by atoms with Crippen LogP contribution in [-0.2, 0) is 4.79 Å². The SMILES string of the molecule is N#Cc1ccc(N2CCC(NCC(=O)O)C2)cc1. The van der Waals surface area contributed by atoms with E-state index < -0.39 is 5.97 Å². The van der Waals surface area contributed by atoms with Crippen molar-refractivity contribution in [1.29, 1.82) is 5.26 Å². The molecule has 94 valence electrons. The number of carboxylic acid groups (broad SMARTS) is 1. The third-order valence-corrected chi connectivity index (χ3v) is 3.09. The van der Waals surface area contributed by atoms with Crippen molar-refractivity contribution in [3.63, 3.8) is 0 Å². The molecule has 5 nitrogen and oxygen atoms in total. The van der Waals surface area contributed by atoms with Crippen LogP contribution < -0.4 is 10.2 Å². The minimum absolute atomic E-state index is 0.00583. The van der Waals surface area contributed by atoms with Crippen LogP contribution in [0.3, 0.4) is 0 Å². The number of nitrogens with zero attached hydrogens (tertiary/aromatic N) is 2. The van der Waals surface area contributed by atoms with Crippen LogP contribution >= 0.6 is 0 Å². The Morgan fingerprint density at radius 3 is 2.83 bits per heavy atom. The van der Waals surface area contributed by atoms with Crippen LogP contribution in [0.1, 0.15) is 12.0 Å². The summed E-state index contributed by atoms with van der Waals surface area (Å²) in [6, 6.07) is 9.76. The fourth-order valence-corrected chi connectivity index (χ4v) is 2.14. The van der Waals surface area contributed by atoms with Crippen LogP contribution in [0.2, 0.25) is 0 Å². The van der Waals surface area contributed by atoms with Gasteiger partial charge in [-0.25, -0.2) is 0 Å². The normalized spacial score (nSPS) is 18.6. The van der Waals surface area contributed by atoms with Crippen LogP contribution in [0.5, 0.6) is 0 Å². The Balaban J connectivity index is 1.91. The highest BCUT2D eigenvalue weighted by atomic mass is 16.4. The molecule has 0 aliphatic carbocycles. The third-order valence-electron chi connectivity index (χ3n) is 3.09. The largest absolute Gasteiger partial charge is 0.480 e. The smallest absolute Gasteiger partial charge is 0.317 e. The molecule has 2 rings (SSSR count). The molecule has 0 aromatic heterocycles. The Bertz CT molecular complexity index is 464. The third kappa shape index (κ3) is 2.99. The van der Waals surface area contributed by atoms with Gasteiger partial charge in [0.15, 0.2) is 0 Å². The van der Waals surface area contributed by atoms with Crippen molar-refractivity contribution < 1.29 is 9.90 Å². The first-order valence-corrected chi connectivity index (χ1v) is 5.89. The lowest BCUT2D eigenvalue weighted by atomic mass is 10.2. The van der Waals surface area contributed by atoms with E-state index in [1.165, 1.54) is 0 Å². The van der Waals surface area contributed by atoms with Crippen molar-refractivity contribution in [2.24, 2.45) is 0 Å². The van der Waals surface area contributed by atoms with Gasteiger partial charge in [0.05, 0.1) is 18.2 Å². The molecule has 0 saturated carbocycles. The molecular formula is C13H15N3O2. The number of benzene rings is 1. The van der Waals surface area contributed by atoms with Gasteiger partial charge in [0.25, 0.3) is 0 Å². The van der Waals surface area contributed by atoms with E-state index in [0.717, 1.165) is 25.2 Å². The van der Waals surface area contributed by atoms with Crippen LogP contribution in [-0.4, -0.2) is 36.8 Å². The second-order valence-electron chi connectivity index (χ2n) is 4.36. The number of nitrogens with one attached hydrogen (secondary N) is 1. The second-order valence-corrected chi connectivity index (χ2v) is 4.36. The number of carboxylic acids is 1. The summed E-state index contributed by atoms with van der Waals surface area (Å²) in [7, 11) is 0. The number of aliphatic carboxylic acids is 1. The molecule has 1 aromatic rings. The molecular weight excluding hydrogens is 230 g/mol. The molecule has 1 atom stereocenters. The minimum Gasteiger partial charge on any atom is -0.480 e. The minimum atomic E-state index is -0.827. The van der Waals surface area contributed by atoms with Crippen molar-refractivity contribution >= 4 is 11.7 Å². The van der Waals surface area contributed by atoms with Crippen molar-refractivity contribution in [1.82, 2.24) is 5.32 Å². The van der Waals surface area contributed by atoms with Gasteiger partial charge in [-0.1, -0.05) is 0 Å². The lowest BCUT2D eigenvalue weighted by Gasteiger charge is -2.18. The average molecular weight is 245 g/mol. The Morgan fingerprint density at radius 2 is 2.22 bits per heavy atom. The average Bonchev–Trinajstić information content (AvgIpc) is 2.85. The second kappa shape index (κ2) is 5.52. The van der Waals surface area contributed by atoms with E-state index in [9.17, 15) is 4.79 Å². The Morgan fingerprint density at radius 1 is 1.50 bits per heavy atom. The summed E-state index contributed by atoms with van der Waals surface area (Å²) < 4.78 is 0. The molecule has 0 amide bonds. The molecule has 0 bridgehead atoms. The zero-order valence-electron chi connectivity index (χ0n) is 9.97. The molecule has 1 unspecified atom stereocenters. The zero-order valence-corrected chi connectivity index (χ0v) is 9.97. The summed E-state index contributed by atoms with van der Waals surface area (Å²) in [6.45, 7) is 1.72. The van der Waals surface area contributed by atoms with Crippen molar-refractivity contribution in [2.75, 3.05) is 24.5 Å². The van der Waals surface area contributed by atoms with Gasteiger partial charge in [0, 0.05) is 24.8 Å².